The zero-order chi connectivity index (χ0) is 11.0. The van der Waals surface area contributed by atoms with Crippen LogP contribution < -0.4 is 0 Å². The second kappa shape index (κ2) is 3.45. The molecule has 0 N–H and O–H groups in total. The number of aromatic nitrogens is 3. The monoisotopic (exact) mass is 209 g/mol. The first-order valence-corrected chi connectivity index (χ1v) is 5.20. The Labute approximate surface area is 93.3 Å². The minimum absolute atomic E-state index is 0.934. The summed E-state index contributed by atoms with van der Waals surface area (Å²) in [7, 11) is 1.92. The summed E-state index contributed by atoms with van der Waals surface area (Å²) in [5.74, 6) is 0. The molecular formula is C13H11N3. The van der Waals surface area contributed by atoms with E-state index in [-0.39, 0.29) is 0 Å². The number of hydrogen-bond donors (Lipinski definition) is 0. The van der Waals surface area contributed by atoms with Crippen LogP contribution in [0.25, 0.3) is 22.2 Å². The van der Waals surface area contributed by atoms with E-state index in [4.69, 9.17) is 0 Å². The molecule has 0 spiro atoms. The van der Waals surface area contributed by atoms with Gasteiger partial charge in [-0.3, -0.25) is 0 Å². The molecule has 0 aliphatic rings. The quantitative estimate of drug-likeness (QED) is 0.616. The molecule has 0 aliphatic heterocycles. The van der Waals surface area contributed by atoms with Crippen LogP contribution in [0.1, 0.15) is 0 Å². The number of aryl methyl sites for hydroxylation is 1. The predicted octanol–water partition coefficient (Wildman–Crippen LogP) is 2.64. The highest BCUT2D eigenvalue weighted by atomic mass is 15.4. The summed E-state index contributed by atoms with van der Waals surface area (Å²) in [5, 5.41) is 8.17. The average Bonchev–Trinajstić information content (AvgIpc) is 2.73. The molecule has 16 heavy (non-hydrogen) atoms. The van der Waals surface area contributed by atoms with Gasteiger partial charge in [0.25, 0.3) is 0 Å². The number of benzene rings is 2. The lowest BCUT2D eigenvalue weighted by atomic mass is 10.0. The van der Waals surface area contributed by atoms with Gasteiger partial charge >= 0.3 is 0 Å². The fourth-order valence-electron chi connectivity index (χ4n) is 1.96. The molecule has 2 aromatic carbocycles. The van der Waals surface area contributed by atoms with Crippen molar-refractivity contribution < 1.29 is 0 Å². The van der Waals surface area contributed by atoms with E-state index >= 15 is 0 Å². The van der Waals surface area contributed by atoms with Gasteiger partial charge in [0.2, 0.25) is 0 Å². The van der Waals surface area contributed by atoms with E-state index in [1.165, 1.54) is 11.1 Å². The molecular weight excluding hydrogens is 198 g/mol. The van der Waals surface area contributed by atoms with Crippen molar-refractivity contribution >= 4 is 11.0 Å². The molecule has 0 aliphatic carbocycles. The van der Waals surface area contributed by atoms with Crippen molar-refractivity contribution in [2.75, 3.05) is 0 Å². The summed E-state index contributed by atoms with van der Waals surface area (Å²) in [6.07, 6.45) is 0. The maximum Gasteiger partial charge on any atom is 0.113 e. The van der Waals surface area contributed by atoms with Gasteiger partial charge in [-0.2, -0.15) is 0 Å². The highest BCUT2D eigenvalue weighted by molar-refractivity contribution is 5.91. The van der Waals surface area contributed by atoms with Gasteiger partial charge in [0.1, 0.15) is 5.52 Å². The minimum Gasteiger partial charge on any atom is -0.247 e. The summed E-state index contributed by atoms with van der Waals surface area (Å²) in [4.78, 5) is 0. The van der Waals surface area contributed by atoms with E-state index in [1.807, 2.05) is 42.1 Å². The first-order valence-electron chi connectivity index (χ1n) is 5.20. The van der Waals surface area contributed by atoms with E-state index in [0.29, 0.717) is 0 Å². The molecule has 0 fully saturated rings. The topological polar surface area (TPSA) is 30.7 Å². The molecule has 1 aromatic heterocycles. The Kier molecular flexibility index (Phi) is 1.96. The van der Waals surface area contributed by atoms with Gasteiger partial charge in [-0.25, -0.2) is 4.68 Å². The van der Waals surface area contributed by atoms with Crippen molar-refractivity contribution in [1.82, 2.24) is 15.0 Å². The molecule has 0 bridgehead atoms. The Morgan fingerprint density at radius 2 is 1.75 bits per heavy atom. The Hall–Kier alpha value is -2.16. The van der Waals surface area contributed by atoms with Crippen LogP contribution in [0.3, 0.4) is 0 Å². The van der Waals surface area contributed by atoms with Crippen LogP contribution in [0, 0.1) is 0 Å². The molecule has 0 atom stereocenters. The lowest BCUT2D eigenvalue weighted by Crippen LogP contribution is -1.91. The van der Waals surface area contributed by atoms with Crippen LogP contribution in [-0.2, 0) is 7.05 Å². The smallest absolute Gasteiger partial charge is 0.113 e. The van der Waals surface area contributed by atoms with Gasteiger partial charge < -0.3 is 0 Å². The molecule has 0 saturated heterocycles. The minimum atomic E-state index is 0.934. The highest BCUT2D eigenvalue weighted by Gasteiger charge is 2.07. The molecule has 3 aromatic rings. The standard InChI is InChI=1S/C13H11N3/c1-16-13-11(10-6-3-2-4-7-10)8-5-9-12(13)14-15-16/h2-9H,1H3. The third-order valence-electron chi connectivity index (χ3n) is 2.71. The summed E-state index contributed by atoms with van der Waals surface area (Å²) in [6.45, 7) is 0. The molecule has 0 amide bonds. The average molecular weight is 209 g/mol. The molecule has 78 valence electrons. The highest BCUT2D eigenvalue weighted by Crippen LogP contribution is 2.26. The zero-order valence-corrected chi connectivity index (χ0v) is 8.96. The predicted molar refractivity (Wildman–Crippen MR) is 63.9 cm³/mol. The number of rotatable bonds is 1. The van der Waals surface area contributed by atoms with Crippen LogP contribution in [0.5, 0.6) is 0 Å². The fraction of sp³-hybridized carbons (Fsp3) is 0.0769. The maximum atomic E-state index is 4.12. The van der Waals surface area contributed by atoms with Crippen LogP contribution in [0.4, 0.5) is 0 Å². The summed E-state index contributed by atoms with van der Waals surface area (Å²) >= 11 is 0. The SMILES string of the molecule is Cn1nnc2cccc(-c3ccccc3)c21. The van der Waals surface area contributed by atoms with Crippen molar-refractivity contribution in [3.05, 3.63) is 48.5 Å². The van der Waals surface area contributed by atoms with E-state index in [0.717, 1.165) is 11.0 Å². The van der Waals surface area contributed by atoms with Gasteiger partial charge in [0.05, 0.1) is 5.52 Å². The Balaban J connectivity index is 2.36. The fourth-order valence-corrected chi connectivity index (χ4v) is 1.96. The molecule has 3 rings (SSSR count). The second-order valence-electron chi connectivity index (χ2n) is 3.75. The third kappa shape index (κ3) is 1.29. The third-order valence-corrected chi connectivity index (χ3v) is 2.71. The van der Waals surface area contributed by atoms with Gasteiger partial charge in [-0.15, -0.1) is 5.10 Å². The van der Waals surface area contributed by atoms with E-state index in [2.05, 4.69) is 28.5 Å². The maximum absolute atomic E-state index is 4.12. The lowest BCUT2D eigenvalue weighted by molar-refractivity contribution is 0.737. The van der Waals surface area contributed by atoms with Gasteiger partial charge in [0.15, 0.2) is 0 Å². The Morgan fingerprint density at radius 1 is 0.938 bits per heavy atom. The zero-order valence-electron chi connectivity index (χ0n) is 8.96. The van der Waals surface area contributed by atoms with Crippen molar-refractivity contribution in [2.24, 2.45) is 7.05 Å². The largest absolute Gasteiger partial charge is 0.247 e. The molecule has 3 nitrogen and oxygen atoms in total. The molecule has 3 heteroatoms. The van der Waals surface area contributed by atoms with Gasteiger partial charge in [-0.05, 0) is 11.6 Å². The normalized spacial score (nSPS) is 10.8. The number of para-hydroxylation sites is 1. The first kappa shape index (κ1) is 9.09. The van der Waals surface area contributed by atoms with Gasteiger partial charge in [-0.1, -0.05) is 47.7 Å². The molecule has 0 radical (unpaired) electrons. The number of fused-ring (bicyclic) bond motifs is 1. The lowest BCUT2D eigenvalue weighted by Gasteiger charge is -2.03. The second-order valence-corrected chi connectivity index (χ2v) is 3.75. The van der Waals surface area contributed by atoms with E-state index in [9.17, 15) is 0 Å². The summed E-state index contributed by atoms with van der Waals surface area (Å²) < 4.78 is 1.82. The molecule has 1 heterocycles. The molecule has 0 saturated carbocycles. The first-order chi connectivity index (χ1) is 7.86. The number of hydrogen-bond acceptors (Lipinski definition) is 2. The Morgan fingerprint density at radius 3 is 2.56 bits per heavy atom. The van der Waals surface area contributed by atoms with Crippen molar-refractivity contribution in [2.45, 2.75) is 0 Å². The summed E-state index contributed by atoms with van der Waals surface area (Å²) in [6, 6.07) is 16.4. The van der Waals surface area contributed by atoms with E-state index in [1.54, 1.807) is 0 Å². The van der Waals surface area contributed by atoms with Crippen molar-refractivity contribution in [1.29, 1.82) is 0 Å². The summed E-state index contributed by atoms with van der Waals surface area (Å²) in [5.41, 5.74) is 4.38. The Bertz CT molecular complexity index is 626. The number of nitrogens with zero attached hydrogens (tertiary/aromatic N) is 3. The molecule has 0 unspecified atom stereocenters. The van der Waals surface area contributed by atoms with E-state index < -0.39 is 0 Å². The van der Waals surface area contributed by atoms with Crippen LogP contribution in [0.2, 0.25) is 0 Å². The van der Waals surface area contributed by atoms with Crippen molar-refractivity contribution in [3.63, 3.8) is 0 Å². The van der Waals surface area contributed by atoms with Gasteiger partial charge in [0, 0.05) is 12.6 Å². The van der Waals surface area contributed by atoms with Crippen LogP contribution in [-0.4, -0.2) is 15.0 Å². The van der Waals surface area contributed by atoms with Crippen LogP contribution in [0.15, 0.2) is 48.5 Å². The van der Waals surface area contributed by atoms with Crippen molar-refractivity contribution in [3.8, 4) is 11.1 Å². The van der Waals surface area contributed by atoms with Crippen LogP contribution >= 0.6 is 0 Å².